The van der Waals surface area contributed by atoms with E-state index in [4.69, 9.17) is 0 Å². The SMILES string of the molecule is CNC(=O)[C@@]1(c2ccccn2)CCCN(C(=O)c2ccc(C)c(NCc3ccncc3)c2)C1. The minimum atomic E-state index is -0.850. The molecule has 7 heteroatoms. The number of aromatic nitrogens is 2. The topological polar surface area (TPSA) is 87.2 Å². The van der Waals surface area contributed by atoms with Crippen LogP contribution in [0.1, 0.15) is 40.0 Å². The van der Waals surface area contributed by atoms with Crippen LogP contribution in [0.3, 0.4) is 0 Å². The van der Waals surface area contributed by atoms with Gasteiger partial charge in [0.2, 0.25) is 5.91 Å². The number of hydrogen-bond acceptors (Lipinski definition) is 5. The van der Waals surface area contributed by atoms with Gasteiger partial charge in [-0.25, -0.2) is 0 Å². The molecule has 2 N–H and O–H groups in total. The first kappa shape index (κ1) is 22.5. The van der Waals surface area contributed by atoms with Crippen LogP contribution in [0.5, 0.6) is 0 Å². The molecule has 7 nitrogen and oxygen atoms in total. The van der Waals surface area contributed by atoms with E-state index in [1.165, 1.54) is 0 Å². The largest absolute Gasteiger partial charge is 0.381 e. The third-order valence-electron chi connectivity index (χ3n) is 6.31. The van der Waals surface area contributed by atoms with Crippen molar-refractivity contribution in [2.75, 3.05) is 25.5 Å². The molecule has 0 bridgehead atoms. The van der Waals surface area contributed by atoms with Crippen molar-refractivity contribution in [3.63, 3.8) is 0 Å². The first-order valence-electron chi connectivity index (χ1n) is 11.2. The molecule has 2 amide bonds. The number of carbonyl (C=O) groups excluding carboxylic acids is 2. The van der Waals surface area contributed by atoms with Crippen LogP contribution in [-0.2, 0) is 16.8 Å². The predicted octanol–water partition coefficient (Wildman–Crippen LogP) is 3.32. The van der Waals surface area contributed by atoms with Crippen molar-refractivity contribution in [2.24, 2.45) is 0 Å². The van der Waals surface area contributed by atoms with E-state index < -0.39 is 5.41 Å². The molecule has 3 aromatic rings. The van der Waals surface area contributed by atoms with Gasteiger partial charge in [0.05, 0.1) is 5.69 Å². The Hall–Kier alpha value is -3.74. The number of likely N-dealkylation sites (N-methyl/N-ethyl adjacent to an activating group) is 1. The summed E-state index contributed by atoms with van der Waals surface area (Å²) in [6.07, 6.45) is 6.61. The molecule has 0 radical (unpaired) electrons. The van der Waals surface area contributed by atoms with E-state index in [2.05, 4.69) is 20.6 Å². The molecule has 4 rings (SSSR count). The molecule has 0 unspecified atom stereocenters. The van der Waals surface area contributed by atoms with E-state index in [0.29, 0.717) is 37.3 Å². The quantitative estimate of drug-likeness (QED) is 0.610. The molecule has 1 fully saturated rings. The van der Waals surface area contributed by atoms with E-state index in [1.54, 1.807) is 30.5 Å². The summed E-state index contributed by atoms with van der Waals surface area (Å²) in [5, 5.41) is 6.22. The van der Waals surface area contributed by atoms with Gasteiger partial charge in [-0.1, -0.05) is 12.1 Å². The predicted molar refractivity (Wildman–Crippen MR) is 128 cm³/mol. The molecule has 3 heterocycles. The van der Waals surface area contributed by atoms with Crippen LogP contribution < -0.4 is 10.6 Å². The first-order valence-corrected chi connectivity index (χ1v) is 11.2. The number of likely N-dealkylation sites (tertiary alicyclic amines) is 1. The molecule has 1 aromatic carbocycles. The zero-order valence-corrected chi connectivity index (χ0v) is 19.0. The highest BCUT2D eigenvalue weighted by molar-refractivity contribution is 5.96. The van der Waals surface area contributed by atoms with E-state index >= 15 is 0 Å². The Morgan fingerprint density at radius 2 is 1.91 bits per heavy atom. The summed E-state index contributed by atoms with van der Waals surface area (Å²) in [5.74, 6) is -0.187. The van der Waals surface area contributed by atoms with Gasteiger partial charge in [-0.05, 0) is 67.3 Å². The van der Waals surface area contributed by atoms with Crippen molar-refractivity contribution in [3.8, 4) is 0 Å². The molecule has 0 saturated carbocycles. The highest BCUT2D eigenvalue weighted by Crippen LogP contribution is 2.34. The summed E-state index contributed by atoms with van der Waals surface area (Å²) in [7, 11) is 1.63. The lowest BCUT2D eigenvalue weighted by atomic mass is 9.75. The third kappa shape index (κ3) is 4.72. The van der Waals surface area contributed by atoms with Gasteiger partial charge in [-0.2, -0.15) is 0 Å². The standard InChI is InChI=1S/C26H29N5O2/c1-19-7-8-21(16-22(19)30-17-20-9-13-28-14-10-20)24(32)31-15-5-11-26(18-31,25(33)27-2)23-6-3-4-12-29-23/h3-4,6-10,12-14,16,30H,5,11,15,17-18H2,1-2H3,(H,27,33)/t26-/m0/s1. The molecule has 33 heavy (non-hydrogen) atoms. The summed E-state index contributed by atoms with van der Waals surface area (Å²) in [6.45, 7) is 3.57. The lowest BCUT2D eigenvalue weighted by Gasteiger charge is -2.41. The second-order valence-electron chi connectivity index (χ2n) is 8.45. The fraction of sp³-hybridized carbons (Fsp3) is 0.308. The smallest absolute Gasteiger partial charge is 0.253 e. The van der Waals surface area contributed by atoms with Gasteiger partial charge < -0.3 is 15.5 Å². The van der Waals surface area contributed by atoms with Crippen molar-refractivity contribution in [1.29, 1.82) is 0 Å². The van der Waals surface area contributed by atoms with Gasteiger partial charge in [0, 0.05) is 56.5 Å². The van der Waals surface area contributed by atoms with Crippen LogP contribution in [-0.4, -0.2) is 46.8 Å². The fourth-order valence-corrected chi connectivity index (χ4v) is 4.45. The van der Waals surface area contributed by atoms with Crippen LogP contribution in [0.2, 0.25) is 0 Å². The lowest BCUT2D eigenvalue weighted by Crippen LogP contribution is -2.56. The van der Waals surface area contributed by atoms with Gasteiger partial charge in [0.15, 0.2) is 0 Å². The Bertz CT molecular complexity index is 1120. The maximum Gasteiger partial charge on any atom is 0.253 e. The number of nitrogens with one attached hydrogen (secondary N) is 2. The number of nitrogens with zero attached hydrogens (tertiary/aromatic N) is 3. The maximum atomic E-state index is 13.5. The summed E-state index contributed by atoms with van der Waals surface area (Å²) in [6, 6.07) is 15.2. The molecule has 0 aliphatic carbocycles. The van der Waals surface area contributed by atoms with Crippen LogP contribution >= 0.6 is 0 Å². The number of anilines is 1. The highest BCUT2D eigenvalue weighted by atomic mass is 16.2. The molecule has 1 aliphatic heterocycles. The summed E-state index contributed by atoms with van der Waals surface area (Å²) in [4.78, 5) is 36.8. The van der Waals surface area contributed by atoms with Gasteiger partial charge in [0.25, 0.3) is 5.91 Å². The minimum absolute atomic E-state index is 0.0779. The number of aryl methyl sites for hydroxylation is 1. The molecule has 1 saturated heterocycles. The number of amides is 2. The number of pyridine rings is 2. The van der Waals surface area contributed by atoms with Crippen molar-refractivity contribution < 1.29 is 9.59 Å². The Balaban J connectivity index is 1.56. The molecule has 1 aliphatic rings. The lowest BCUT2D eigenvalue weighted by molar-refractivity contribution is -0.128. The minimum Gasteiger partial charge on any atom is -0.381 e. The van der Waals surface area contributed by atoms with E-state index in [1.807, 2.05) is 55.5 Å². The van der Waals surface area contributed by atoms with E-state index in [9.17, 15) is 9.59 Å². The van der Waals surface area contributed by atoms with E-state index in [0.717, 1.165) is 23.2 Å². The number of piperidine rings is 1. The molecular weight excluding hydrogens is 414 g/mol. The summed E-state index contributed by atoms with van der Waals surface area (Å²) < 4.78 is 0. The van der Waals surface area contributed by atoms with Crippen molar-refractivity contribution >= 4 is 17.5 Å². The van der Waals surface area contributed by atoms with Gasteiger partial charge >= 0.3 is 0 Å². The van der Waals surface area contributed by atoms with Crippen molar-refractivity contribution in [3.05, 3.63) is 89.5 Å². The Kier molecular flexibility index (Phi) is 6.68. The van der Waals surface area contributed by atoms with Crippen LogP contribution in [0, 0.1) is 6.92 Å². The second-order valence-corrected chi connectivity index (χ2v) is 8.45. The maximum absolute atomic E-state index is 13.5. The Morgan fingerprint density at radius 3 is 2.64 bits per heavy atom. The average Bonchev–Trinajstić information content (AvgIpc) is 2.88. The number of carbonyl (C=O) groups is 2. The normalized spacial score (nSPS) is 17.9. The van der Waals surface area contributed by atoms with Crippen LogP contribution in [0.15, 0.2) is 67.1 Å². The molecule has 2 aromatic heterocycles. The van der Waals surface area contributed by atoms with Gasteiger partial charge in [0.1, 0.15) is 5.41 Å². The van der Waals surface area contributed by atoms with Crippen molar-refractivity contribution in [2.45, 2.75) is 31.7 Å². The average molecular weight is 444 g/mol. The molecule has 170 valence electrons. The monoisotopic (exact) mass is 443 g/mol. The van der Waals surface area contributed by atoms with Crippen LogP contribution in [0.25, 0.3) is 0 Å². The third-order valence-corrected chi connectivity index (χ3v) is 6.31. The molecular formula is C26H29N5O2. The number of benzene rings is 1. The first-order chi connectivity index (χ1) is 16.0. The van der Waals surface area contributed by atoms with Crippen molar-refractivity contribution in [1.82, 2.24) is 20.2 Å². The number of hydrogen-bond donors (Lipinski definition) is 2. The molecule has 0 spiro atoms. The summed E-state index contributed by atoms with van der Waals surface area (Å²) in [5.41, 5.74) is 3.54. The number of rotatable bonds is 6. The Labute approximate surface area is 194 Å². The second kappa shape index (κ2) is 9.81. The zero-order chi connectivity index (χ0) is 23.3. The Morgan fingerprint density at radius 1 is 1.09 bits per heavy atom. The van der Waals surface area contributed by atoms with Gasteiger partial charge in [-0.3, -0.25) is 19.6 Å². The van der Waals surface area contributed by atoms with Gasteiger partial charge in [-0.15, -0.1) is 0 Å². The highest BCUT2D eigenvalue weighted by Gasteiger charge is 2.45. The summed E-state index contributed by atoms with van der Waals surface area (Å²) >= 11 is 0. The molecule has 1 atom stereocenters. The van der Waals surface area contributed by atoms with E-state index in [-0.39, 0.29) is 11.8 Å². The van der Waals surface area contributed by atoms with Crippen LogP contribution in [0.4, 0.5) is 5.69 Å². The zero-order valence-electron chi connectivity index (χ0n) is 19.0. The fourth-order valence-electron chi connectivity index (χ4n) is 4.45.